The number of imide groups is 1. The lowest BCUT2D eigenvalue weighted by atomic mass is 9.62. The molecule has 2 atom stereocenters. The molecule has 2 saturated heterocycles. The molecular weight excluding hydrogens is 428 g/mol. The van der Waals surface area contributed by atoms with E-state index in [1.807, 2.05) is 30.3 Å². The van der Waals surface area contributed by atoms with Crippen molar-refractivity contribution in [1.29, 1.82) is 0 Å². The Bertz CT molecular complexity index is 876. The Morgan fingerprint density at radius 2 is 1.69 bits per heavy atom. The zero-order chi connectivity index (χ0) is 20.4. The second-order valence-corrected chi connectivity index (χ2v) is 9.17. The van der Waals surface area contributed by atoms with Crippen LogP contribution in [0.15, 0.2) is 59.1 Å². The Balaban J connectivity index is 1.54. The molecule has 4 rings (SSSR count). The third kappa shape index (κ3) is 3.90. The summed E-state index contributed by atoms with van der Waals surface area (Å²) in [6.45, 7) is 4.16. The van der Waals surface area contributed by atoms with Gasteiger partial charge in [-0.25, -0.2) is 0 Å². The molecule has 1 N–H and O–H groups in total. The van der Waals surface area contributed by atoms with E-state index >= 15 is 0 Å². The van der Waals surface area contributed by atoms with Crippen LogP contribution >= 0.6 is 15.9 Å². The highest BCUT2D eigenvalue weighted by molar-refractivity contribution is 9.10. The van der Waals surface area contributed by atoms with Gasteiger partial charge in [-0.3, -0.25) is 19.8 Å². The van der Waals surface area contributed by atoms with Crippen LogP contribution in [0.4, 0.5) is 0 Å². The minimum absolute atomic E-state index is 0.112. The van der Waals surface area contributed by atoms with E-state index in [-0.39, 0.29) is 17.7 Å². The van der Waals surface area contributed by atoms with Crippen molar-refractivity contribution in [2.45, 2.75) is 44.1 Å². The maximum absolute atomic E-state index is 13.1. The maximum Gasteiger partial charge on any atom is 0.237 e. The van der Waals surface area contributed by atoms with E-state index in [0.29, 0.717) is 18.9 Å². The first kappa shape index (κ1) is 20.3. The quantitative estimate of drug-likeness (QED) is 0.686. The van der Waals surface area contributed by atoms with Crippen LogP contribution in [-0.4, -0.2) is 29.8 Å². The van der Waals surface area contributed by atoms with Gasteiger partial charge in [0.25, 0.3) is 0 Å². The third-order valence-corrected chi connectivity index (χ3v) is 7.35. The van der Waals surface area contributed by atoms with Crippen LogP contribution in [0, 0.1) is 5.92 Å². The maximum atomic E-state index is 13.1. The lowest BCUT2D eigenvalue weighted by Crippen LogP contribution is -2.57. The van der Waals surface area contributed by atoms with E-state index in [9.17, 15) is 9.59 Å². The van der Waals surface area contributed by atoms with Crippen LogP contribution < -0.4 is 5.32 Å². The van der Waals surface area contributed by atoms with Gasteiger partial charge in [0.2, 0.25) is 11.8 Å². The second kappa shape index (κ2) is 8.41. The first-order chi connectivity index (χ1) is 14.0. The fraction of sp³-hybridized carbons (Fsp3) is 0.417. The standard InChI is InChI=1S/C24H27BrN2O2/c1-17(18-7-9-21(25)10-8-18)27-15-12-20(13-16-27)24(19-5-3-2-4-6-19)14-11-22(28)26-23(24)29/h2-10,17,20H,11-16H2,1H3,(H,26,28,29). The number of halogens is 1. The molecule has 29 heavy (non-hydrogen) atoms. The number of carbonyl (C=O) groups is 2. The number of benzene rings is 2. The topological polar surface area (TPSA) is 49.4 Å². The van der Waals surface area contributed by atoms with Crippen molar-refractivity contribution in [1.82, 2.24) is 10.2 Å². The van der Waals surface area contributed by atoms with Crippen LogP contribution in [0.3, 0.4) is 0 Å². The molecule has 2 fully saturated rings. The Morgan fingerprint density at radius 1 is 1.03 bits per heavy atom. The Labute approximate surface area is 180 Å². The van der Waals surface area contributed by atoms with Crippen LogP contribution in [0.2, 0.25) is 0 Å². The molecule has 0 aliphatic carbocycles. The molecule has 0 saturated carbocycles. The molecule has 4 nitrogen and oxygen atoms in total. The molecule has 0 radical (unpaired) electrons. The molecule has 0 aromatic heterocycles. The Hall–Kier alpha value is -1.98. The molecule has 2 aliphatic rings. The van der Waals surface area contributed by atoms with Crippen LogP contribution in [0.5, 0.6) is 0 Å². The summed E-state index contributed by atoms with van der Waals surface area (Å²) >= 11 is 3.50. The van der Waals surface area contributed by atoms with Crippen molar-refractivity contribution in [3.05, 3.63) is 70.2 Å². The molecule has 2 aromatic carbocycles. The summed E-state index contributed by atoms with van der Waals surface area (Å²) in [5.74, 6) is -0.0198. The summed E-state index contributed by atoms with van der Waals surface area (Å²) < 4.78 is 1.09. The van der Waals surface area contributed by atoms with E-state index < -0.39 is 5.41 Å². The van der Waals surface area contributed by atoms with E-state index in [1.54, 1.807) is 0 Å². The number of nitrogens with zero attached hydrogens (tertiary/aromatic N) is 1. The van der Waals surface area contributed by atoms with Crippen molar-refractivity contribution in [2.24, 2.45) is 5.92 Å². The molecular formula is C24H27BrN2O2. The average molecular weight is 455 g/mol. The molecule has 2 heterocycles. The highest BCUT2D eigenvalue weighted by Crippen LogP contribution is 2.45. The smallest absolute Gasteiger partial charge is 0.237 e. The largest absolute Gasteiger partial charge is 0.297 e. The van der Waals surface area contributed by atoms with E-state index in [4.69, 9.17) is 0 Å². The minimum Gasteiger partial charge on any atom is -0.297 e. The fourth-order valence-corrected chi connectivity index (χ4v) is 5.36. The van der Waals surface area contributed by atoms with Crippen molar-refractivity contribution in [3.63, 3.8) is 0 Å². The zero-order valence-corrected chi connectivity index (χ0v) is 18.3. The van der Waals surface area contributed by atoms with Crippen molar-refractivity contribution < 1.29 is 9.59 Å². The van der Waals surface area contributed by atoms with Crippen molar-refractivity contribution >= 4 is 27.7 Å². The lowest BCUT2D eigenvalue weighted by Gasteiger charge is -2.46. The SMILES string of the molecule is CC(c1ccc(Br)cc1)N1CCC(C2(c3ccccc3)CCC(=O)NC2=O)CC1. The molecule has 2 aromatic rings. The first-order valence-corrected chi connectivity index (χ1v) is 11.2. The molecule has 2 amide bonds. The van der Waals surface area contributed by atoms with Crippen LogP contribution in [-0.2, 0) is 15.0 Å². The number of carbonyl (C=O) groups excluding carboxylic acids is 2. The number of amides is 2. The van der Waals surface area contributed by atoms with E-state index in [0.717, 1.165) is 36.0 Å². The van der Waals surface area contributed by atoms with Crippen LogP contribution in [0.25, 0.3) is 0 Å². The monoisotopic (exact) mass is 454 g/mol. The van der Waals surface area contributed by atoms with Gasteiger partial charge >= 0.3 is 0 Å². The number of hydrogen-bond acceptors (Lipinski definition) is 3. The summed E-state index contributed by atoms with van der Waals surface area (Å²) in [6.07, 6.45) is 2.93. The molecule has 152 valence electrons. The van der Waals surface area contributed by atoms with Gasteiger partial charge in [0.05, 0.1) is 5.41 Å². The highest BCUT2D eigenvalue weighted by Gasteiger charge is 2.50. The van der Waals surface area contributed by atoms with E-state index in [2.05, 4.69) is 57.3 Å². The van der Waals surface area contributed by atoms with Crippen LogP contribution in [0.1, 0.15) is 49.8 Å². The number of hydrogen-bond donors (Lipinski definition) is 1. The zero-order valence-electron chi connectivity index (χ0n) is 16.7. The van der Waals surface area contributed by atoms with Gasteiger partial charge in [-0.2, -0.15) is 0 Å². The summed E-state index contributed by atoms with van der Waals surface area (Å²) in [5, 5.41) is 2.64. The minimum atomic E-state index is -0.595. The van der Waals surface area contributed by atoms with Gasteiger partial charge in [-0.15, -0.1) is 0 Å². The van der Waals surface area contributed by atoms with Gasteiger partial charge in [0.1, 0.15) is 0 Å². The fourth-order valence-electron chi connectivity index (χ4n) is 5.09. The van der Waals surface area contributed by atoms with Crippen molar-refractivity contribution in [3.8, 4) is 0 Å². The number of rotatable bonds is 4. The molecule has 5 heteroatoms. The van der Waals surface area contributed by atoms with Gasteiger partial charge in [-0.1, -0.05) is 58.4 Å². The molecule has 2 aliphatic heterocycles. The molecule has 2 unspecified atom stereocenters. The van der Waals surface area contributed by atoms with Gasteiger partial charge in [-0.05, 0) is 68.5 Å². The predicted octanol–water partition coefficient (Wildman–Crippen LogP) is 4.60. The third-order valence-electron chi connectivity index (χ3n) is 6.82. The normalized spacial score (nSPS) is 24.9. The van der Waals surface area contributed by atoms with Gasteiger partial charge in [0.15, 0.2) is 0 Å². The predicted molar refractivity (Wildman–Crippen MR) is 117 cm³/mol. The lowest BCUT2D eigenvalue weighted by molar-refractivity contribution is -0.140. The summed E-state index contributed by atoms with van der Waals surface area (Å²) in [5.41, 5.74) is 1.76. The number of likely N-dealkylation sites (tertiary alicyclic amines) is 1. The van der Waals surface area contributed by atoms with Gasteiger partial charge in [0, 0.05) is 16.9 Å². The van der Waals surface area contributed by atoms with Crippen molar-refractivity contribution in [2.75, 3.05) is 13.1 Å². The Kier molecular flexibility index (Phi) is 5.88. The molecule has 0 bridgehead atoms. The highest BCUT2D eigenvalue weighted by atomic mass is 79.9. The Morgan fingerprint density at radius 3 is 2.31 bits per heavy atom. The molecule has 0 spiro atoms. The number of piperidine rings is 2. The average Bonchev–Trinajstić information content (AvgIpc) is 2.75. The summed E-state index contributed by atoms with van der Waals surface area (Å²) in [7, 11) is 0. The van der Waals surface area contributed by atoms with Gasteiger partial charge < -0.3 is 0 Å². The number of nitrogens with one attached hydrogen (secondary N) is 1. The van der Waals surface area contributed by atoms with E-state index in [1.165, 1.54) is 5.56 Å². The summed E-state index contributed by atoms with van der Waals surface area (Å²) in [6, 6.07) is 18.9. The second-order valence-electron chi connectivity index (χ2n) is 8.25. The first-order valence-electron chi connectivity index (χ1n) is 10.4. The summed E-state index contributed by atoms with van der Waals surface area (Å²) in [4.78, 5) is 27.5.